The van der Waals surface area contributed by atoms with E-state index in [1.54, 1.807) is 47.4 Å². The van der Waals surface area contributed by atoms with Gasteiger partial charge in [-0.15, -0.1) is 16.4 Å². The Hall–Kier alpha value is -3.62. The molecule has 9 heteroatoms. The number of allylic oxidation sites excluding steroid dienone is 1. The molecule has 0 aliphatic carbocycles. The van der Waals surface area contributed by atoms with E-state index >= 15 is 0 Å². The zero-order valence-electron chi connectivity index (χ0n) is 17.9. The number of amides is 1. The lowest BCUT2D eigenvalue weighted by atomic mass is 9.95. The number of methoxy groups -OCH3 is 1. The highest BCUT2D eigenvalue weighted by Crippen LogP contribution is 2.38. The minimum Gasteiger partial charge on any atom is -0.495 e. The SMILES string of the molecule is COc1ccccc1NC(=O)C1=C(C)Nc2nc(-c3cccs3)nn2[C@H]1c1ccc(Cl)cc1. The van der Waals surface area contributed by atoms with Gasteiger partial charge in [-0.2, -0.15) is 4.98 Å². The number of nitrogens with zero attached hydrogens (tertiary/aromatic N) is 3. The number of halogens is 1. The maximum Gasteiger partial charge on any atom is 0.255 e. The molecule has 2 aromatic carbocycles. The molecule has 1 atom stereocenters. The molecule has 0 fully saturated rings. The van der Waals surface area contributed by atoms with Crippen LogP contribution in [0.4, 0.5) is 11.6 Å². The van der Waals surface area contributed by atoms with E-state index in [4.69, 9.17) is 21.4 Å². The smallest absolute Gasteiger partial charge is 0.255 e. The van der Waals surface area contributed by atoms with Gasteiger partial charge in [-0.3, -0.25) is 4.79 Å². The van der Waals surface area contributed by atoms with E-state index < -0.39 is 6.04 Å². The minimum atomic E-state index is -0.491. The van der Waals surface area contributed by atoms with Crippen LogP contribution in [-0.4, -0.2) is 27.8 Å². The topological polar surface area (TPSA) is 81.1 Å². The molecule has 3 heterocycles. The highest BCUT2D eigenvalue weighted by atomic mass is 35.5. The van der Waals surface area contributed by atoms with Crippen molar-refractivity contribution in [2.45, 2.75) is 13.0 Å². The van der Waals surface area contributed by atoms with Gasteiger partial charge >= 0.3 is 0 Å². The van der Waals surface area contributed by atoms with E-state index in [-0.39, 0.29) is 5.91 Å². The zero-order chi connectivity index (χ0) is 22.9. The van der Waals surface area contributed by atoms with E-state index in [1.165, 1.54) is 0 Å². The number of thiophene rings is 1. The highest BCUT2D eigenvalue weighted by Gasteiger charge is 2.34. The Kier molecular flexibility index (Phi) is 5.62. The van der Waals surface area contributed by atoms with Crippen LogP contribution in [0.1, 0.15) is 18.5 Å². The highest BCUT2D eigenvalue weighted by molar-refractivity contribution is 7.13. The van der Waals surface area contributed by atoms with Crippen LogP contribution in [-0.2, 0) is 4.79 Å². The summed E-state index contributed by atoms with van der Waals surface area (Å²) in [5.74, 6) is 1.50. The van der Waals surface area contributed by atoms with Gasteiger partial charge in [-0.1, -0.05) is 41.9 Å². The largest absolute Gasteiger partial charge is 0.495 e. The molecule has 1 aliphatic rings. The number of carbonyl (C=O) groups excluding carboxylic acids is 1. The zero-order valence-corrected chi connectivity index (χ0v) is 19.4. The third-order valence-corrected chi connectivity index (χ3v) is 6.50. The third-order valence-electron chi connectivity index (χ3n) is 5.38. The van der Waals surface area contributed by atoms with Gasteiger partial charge < -0.3 is 15.4 Å². The number of para-hydroxylation sites is 2. The van der Waals surface area contributed by atoms with Crippen molar-refractivity contribution >= 4 is 40.5 Å². The predicted molar refractivity (Wildman–Crippen MR) is 131 cm³/mol. The molecule has 1 amide bonds. The summed E-state index contributed by atoms with van der Waals surface area (Å²) in [7, 11) is 1.57. The maximum atomic E-state index is 13.6. The number of benzene rings is 2. The van der Waals surface area contributed by atoms with Crippen molar-refractivity contribution in [1.29, 1.82) is 0 Å². The molecule has 1 aliphatic heterocycles. The quantitative estimate of drug-likeness (QED) is 0.391. The van der Waals surface area contributed by atoms with Crippen LogP contribution in [0.2, 0.25) is 5.02 Å². The first kappa shape index (κ1) is 21.2. The first-order valence-corrected chi connectivity index (χ1v) is 11.5. The van der Waals surface area contributed by atoms with E-state index in [0.717, 1.165) is 10.4 Å². The minimum absolute atomic E-state index is 0.261. The summed E-state index contributed by atoms with van der Waals surface area (Å²) < 4.78 is 7.15. The fourth-order valence-corrected chi connectivity index (χ4v) is 4.62. The van der Waals surface area contributed by atoms with Crippen LogP contribution in [0.3, 0.4) is 0 Å². The van der Waals surface area contributed by atoms with Crippen LogP contribution in [0.15, 0.2) is 77.3 Å². The Labute approximate surface area is 199 Å². The number of fused-ring (bicyclic) bond motifs is 1. The van der Waals surface area contributed by atoms with E-state index in [9.17, 15) is 4.79 Å². The Morgan fingerprint density at radius 1 is 1.15 bits per heavy atom. The molecule has 7 nitrogen and oxygen atoms in total. The molecule has 0 radical (unpaired) electrons. The van der Waals surface area contributed by atoms with Gasteiger partial charge in [-0.25, -0.2) is 4.68 Å². The molecule has 2 aromatic heterocycles. The summed E-state index contributed by atoms with van der Waals surface area (Å²) in [5, 5.41) is 13.6. The monoisotopic (exact) mass is 477 g/mol. The second kappa shape index (κ2) is 8.73. The van der Waals surface area contributed by atoms with Crippen molar-refractivity contribution in [2.24, 2.45) is 0 Å². The molecule has 0 saturated carbocycles. The fraction of sp³-hybridized carbons (Fsp3) is 0.125. The lowest BCUT2D eigenvalue weighted by Gasteiger charge is -2.28. The van der Waals surface area contributed by atoms with E-state index in [1.807, 2.05) is 48.7 Å². The number of hydrogen-bond acceptors (Lipinski definition) is 6. The molecular formula is C24H20ClN5O2S. The van der Waals surface area contributed by atoms with Crippen molar-refractivity contribution < 1.29 is 9.53 Å². The Morgan fingerprint density at radius 2 is 1.94 bits per heavy atom. The lowest BCUT2D eigenvalue weighted by molar-refractivity contribution is -0.113. The first-order valence-electron chi connectivity index (χ1n) is 10.2. The average Bonchev–Trinajstić information content (AvgIpc) is 3.49. The summed E-state index contributed by atoms with van der Waals surface area (Å²) in [5.41, 5.74) is 2.68. The number of nitrogens with one attached hydrogen (secondary N) is 2. The number of ether oxygens (including phenoxy) is 1. The number of hydrogen-bond donors (Lipinski definition) is 2. The summed E-state index contributed by atoms with van der Waals surface area (Å²) in [4.78, 5) is 19.2. The molecule has 0 saturated heterocycles. The van der Waals surface area contributed by atoms with Gasteiger partial charge in [0.2, 0.25) is 5.95 Å². The van der Waals surface area contributed by atoms with E-state index in [0.29, 0.717) is 39.5 Å². The van der Waals surface area contributed by atoms with Gasteiger partial charge in [0.15, 0.2) is 5.82 Å². The second-order valence-electron chi connectivity index (χ2n) is 7.45. The predicted octanol–water partition coefficient (Wildman–Crippen LogP) is 5.60. The maximum absolute atomic E-state index is 13.6. The molecule has 4 aromatic rings. The normalized spacial score (nSPS) is 15.1. The summed E-state index contributed by atoms with van der Waals surface area (Å²) in [6.45, 7) is 1.86. The van der Waals surface area contributed by atoms with Gasteiger partial charge in [-0.05, 0) is 48.2 Å². The fourth-order valence-electron chi connectivity index (χ4n) is 3.85. The van der Waals surface area contributed by atoms with Crippen LogP contribution >= 0.6 is 22.9 Å². The molecule has 0 unspecified atom stereocenters. The summed E-state index contributed by atoms with van der Waals surface area (Å²) >= 11 is 7.70. The molecule has 33 heavy (non-hydrogen) atoms. The van der Waals surface area contributed by atoms with Crippen molar-refractivity contribution in [2.75, 3.05) is 17.7 Å². The van der Waals surface area contributed by atoms with Gasteiger partial charge in [0, 0.05) is 10.7 Å². The molecular weight excluding hydrogens is 458 g/mol. The van der Waals surface area contributed by atoms with Crippen LogP contribution < -0.4 is 15.4 Å². The summed E-state index contributed by atoms with van der Waals surface area (Å²) in [6.07, 6.45) is 0. The number of carbonyl (C=O) groups is 1. The molecule has 2 N–H and O–H groups in total. The standard InChI is InChI=1S/C24H20ClN5O2S/c1-14-20(23(31)27-17-6-3-4-7-18(17)32-2)21(15-9-11-16(25)12-10-15)30-24(26-14)28-22(29-30)19-8-5-13-33-19/h3-13,21H,1-2H3,(H,27,31)(H,26,28,29)/t21-/m0/s1. The number of aromatic nitrogens is 3. The van der Waals surface area contributed by atoms with Crippen LogP contribution in [0.25, 0.3) is 10.7 Å². The van der Waals surface area contributed by atoms with Gasteiger partial charge in [0.1, 0.15) is 11.8 Å². The Bertz CT molecular complexity index is 1350. The Morgan fingerprint density at radius 3 is 2.67 bits per heavy atom. The van der Waals surface area contributed by atoms with Gasteiger partial charge in [0.05, 0.1) is 23.2 Å². The van der Waals surface area contributed by atoms with Crippen molar-refractivity contribution in [1.82, 2.24) is 14.8 Å². The van der Waals surface area contributed by atoms with Crippen LogP contribution in [0, 0.1) is 0 Å². The molecule has 5 rings (SSSR count). The molecule has 0 spiro atoms. The van der Waals surface area contributed by atoms with Crippen molar-refractivity contribution in [3.05, 3.63) is 87.9 Å². The molecule has 166 valence electrons. The van der Waals surface area contributed by atoms with Crippen molar-refractivity contribution in [3.8, 4) is 16.5 Å². The second-order valence-corrected chi connectivity index (χ2v) is 8.84. The average molecular weight is 478 g/mol. The summed E-state index contributed by atoms with van der Waals surface area (Å²) in [6, 6.07) is 18.2. The van der Waals surface area contributed by atoms with Crippen LogP contribution in [0.5, 0.6) is 5.75 Å². The molecule has 0 bridgehead atoms. The third kappa shape index (κ3) is 3.99. The lowest BCUT2D eigenvalue weighted by Crippen LogP contribution is -2.31. The number of anilines is 2. The number of rotatable bonds is 5. The first-order chi connectivity index (χ1) is 16.0. The van der Waals surface area contributed by atoms with Gasteiger partial charge in [0.25, 0.3) is 5.91 Å². The van der Waals surface area contributed by atoms with E-state index in [2.05, 4.69) is 15.6 Å². The Balaban J connectivity index is 1.60. The van der Waals surface area contributed by atoms with Crippen molar-refractivity contribution in [3.63, 3.8) is 0 Å².